The molecule has 0 saturated heterocycles. The number of hydrogen-bond acceptors (Lipinski definition) is 6. The summed E-state index contributed by atoms with van der Waals surface area (Å²) in [5, 5.41) is 0. The first kappa shape index (κ1) is 69.5. The molecule has 0 rings (SSSR count). The van der Waals surface area contributed by atoms with Crippen LogP contribution in [0, 0.1) is 0 Å². The minimum absolute atomic E-state index is 0.137. The zero-order valence-electron chi connectivity index (χ0n) is 47.5. The van der Waals surface area contributed by atoms with E-state index in [1.807, 2.05) is 12.2 Å². The smallest absolute Gasteiger partial charge is 0.306 e. The summed E-state index contributed by atoms with van der Waals surface area (Å²) in [5.41, 5.74) is 0. The van der Waals surface area contributed by atoms with E-state index in [1.54, 1.807) is 0 Å². The molecular formula is C69H104O6. The first-order valence-corrected chi connectivity index (χ1v) is 29.3. The van der Waals surface area contributed by atoms with Crippen LogP contribution < -0.4 is 0 Å². The highest BCUT2D eigenvalue weighted by Gasteiger charge is 2.19. The van der Waals surface area contributed by atoms with E-state index >= 15 is 0 Å². The summed E-state index contributed by atoms with van der Waals surface area (Å²) < 4.78 is 16.7. The van der Waals surface area contributed by atoms with Gasteiger partial charge in [-0.05, 0) is 141 Å². The summed E-state index contributed by atoms with van der Waals surface area (Å²) in [6, 6.07) is 0. The highest BCUT2D eigenvalue weighted by molar-refractivity contribution is 5.71. The molecule has 0 aromatic carbocycles. The number of allylic oxidation sites excluding steroid dienone is 30. The molecule has 416 valence electrons. The van der Waals surface area contributed by atoms with Crippen LogP contribution in [0.5, 0.6) is 0 Å². The summed E-state index contributed by atoms with van der Waals surface area (Å²) in [4.78, 5) is 38.1. The van der Waals surface area contributed by atoms with Crippen molar-refractivity contribution in [3.05, 3.63) is 182 Å². The fraction of sp³-hybridized carbons (Fsp3) is 0.522. The molecule has 0 aromatic heterocycles. The van der Waals surface area contributed by atoms with Crippen molar-refractivity contribution < 1.29 is 28.6 Å². The molecular weight excluding hydrogens is 925 g/mol. The molecule has 1 unspecified atom stereocenters. The lowest BCUT2D eigenvalue weighted by Gasteiger charge is -2.18. The van der Waals surface area contributed by atoms with Crippen LogP contribution in [-0.2, 0) is 28.6 Å². The van der Waals surface area contributed by atoms with Gasteiger partial charge in [-0.3, -0.25) is 14.4 Å². The molecule has 1 atom stereocenters. The minimum Gasteiger partial charge on any atom is -0.462 e. The van der Waals surface area contributed by atoms with Crippen LogP contribution in [0.15, 0.2) is 182 Å². The second-order valence-corrected chi connectivity index (χ2v) is 18.4. The van der Waals surface area contributed by atoms with Crippen molar-refractivity contribution in [2.45, 2.75) is 219 Å². The van der Waals surface area contributed by atoms with Crippen LogP contribution in [0.4, 0.5) is 0 Å². The van der Waals surface area contributed by atoms with Gasteiger partial charge in [0.1, 0.15) is 13.2 Å². The molecule has 0 bridgehead atoms. The van der Waals surface area contributed by atoms with E-state index in [-0.39, 0.29) is 50.4 Å². The van der Waals surface area contributed by atoms with Crippen LogP contribution in [0.25, 0.3) is 0 Å². The van der Waals surface area contributed by atoms with Crippen molar-refractivity contribution in [1.82, 2.24) is 0 Å². The fourth-order valence-electron chi connectivity index (χ4n) is 7.13. The number of esters is 3. The highest BCUT2D eigenvalue weighted by atomic mass is 16.6. The van der Waals surface area contributed by atoms with E-state index in [9.17, 15) is 14.4 Å². The molecule has 0 amide bonds. The first-order chi connectivity index (χ1) is 37.0. The Labute approximate surface area is 459 Å². The summed E-state index contributed by atoms with van der Waals surface area (Å²) in [7, 11) is 0. The van der Waals surface area contributed by atoms with Gasteiger partial charge < -0.3 is 14.2 Å². The van der Waals surface area contributed by atoms with Gasteiger partial charge in [0, 0.05) is 19.3 Å². The molecule has 0 saturated carbocycles. The molecule has 0 radical (unpaired) electrons. The molecule has 0 heterocycles. The lowest BCUT2D eigenvalue weighted by molar-refractivity contribution is -0.166. The maximum absolute atomic E-state index is 12.9. The summed E-state index contributed by atoms with van der Waals surface area (Å²) >= 11 is 0. The average Bonchev–Trinajstić information content (AvgIpc) is 3.41. The van der Waals surface area contributed by atoms with Gasteiger partial charge in [0.05, 0.1) is 0 Å². The molecule has 0 N–H and O–H groups in total. The van der Waals surface area contributed by atoms with Crippen molar-refractivity contribution in [3.8, 4) is 0 Å². The minimum atomic E-state index is -0.841. The number of carbonyl (C=O) groups excluding carboxylic acids is 3. The van der Waals surface area contributed by atoms with E-state index in [0.29, 0.717) is 12.8 Å². The van der Waals surface area contributed by atoms with E-state index in [1.165, 1.54) is 19.3 Å². The number of ether oxygens (including phenoxy) is 3. The van der Waals surface area contributed by atoms with Crippen LogP contribution in [0.2, 0.25) is 0 Å². The highest BCUT2D eigenvalue weighted by Crippen LogP contribution is 2.12. The second-order valence-electron chi connectivity index (χ2n) is 18.4. The largest absolute Gasteiger partial charge is 0.462 e. The maximum atomic E-state index is 12.9. The molecule has 0 aliphatic carbocycles. The van der Waals surface area contributed by atoms with Crippen molar-refractivity contribution in [1.29, 1.82) is 0 Å². The monoisotopic (exact) mass is 1030 g/mol. The zero-order valence-corrected chi connectivity index (χ0v) is 47.5. The van der Waals surface area contributed by atoms with E-state index in [0.717, 1.165) is 141 Å². The molecule has 0 aromatic rings. The Morgan fingerprint density at radius 1 is 0.267 bits per heavy atom. The summed E-state index contributed by atoms with van der Waals surface area (Å²) in [6.07, 6.45) is 91.9. The van der Waals surface area contributed by atoms with E-state index < -0.39 is 6.10 Å². The van der Waals surface area contributed by atoms with Gasteiger partial charge in [-0.15, -0.1) is 0 Å². The van der Waals surface area contributed by atoms with Crippen molar-refractivity contribution in [2.24, 2.45) is 0 Å². The molecule has 0 spiro atoms. The van der Waals surface area contributed by atoms with Gasteiger partial charge in [0.15, 0.2) is 6.10 Å². The predicted octanol–water partition coefficient (Wildman–Crippen LogP) is 20.1. The standard InChI is InChI=1S/C69H104O6/c1-4-7-10-13-16-19-22-25-27-29-30-31-32-33-34-35-36-37-38-40-41-44-47-50-53-56-59-62-68(71)74-65-66(64-73-67(70)61-58-55-52-49-46-43-24-21-18-15-12-9-6-3)75-69(72)63-60-57-54-51-48-45-42-39-28-26-23-20-17-14-11-8-5-2/h7-12,16-21,25-28,30-31,33-34,36-37,40-41,43,46-47,50,52,55,66H,4-6,13-15,22-24,29,32,35,38-39,42,44-45,48-49,51,53-54,56-65H2,1-3H3/b10-7-,11-8-,12-9-,19-16-,20-17-,21-18-,27-25-,28-26-,31-30-,34-33-,37-36-,41-40-,46-43-,50-47-,55-52-. The number of unbranched alkanes of at least 4 members (excludes halogenated alkanes) is 9. The van der Waals surface area contributed by atoms with Crippen molar-refractivity contribution in [3.63, 3.8) is 0 Å². The first-order valence-electron chi connectivity index (χ1n) is 29.3. The van der Waals surface area contributed by atoms with E-state index in [2.05, 4.69) is 191 Å². The van der Waals surface area contributed by atoms with Gasteiger partial charge in [0.2, 0.25) is 0 Å². The van der Waals surface area contributed by atoms with Gasteiger partial charge >= 0.3 is 17.9 Å². The predicted molar refractivity (Wildman–Crippen MR) is 324 cm³/mol. The van der Waals surface area contributed by atoms with Gasteiger partial charge in [-0.25, -0.2) is 0 Å². The lowest BCUT2D eigenvalue weighted by atomic mass is 10.1. The Balaban J connectivity index is 4.53. The zero-order chi connectivity index (χ0) is 54.3. The Kier molecular flexibility index (Phi) is 56.6. The normalized spacial score (nSPS) is 13.5. The Bertz CT molecular complexity index is 1800. The fourth-order valence-corrected chi connectivity index (χ4v) is 7.13. The van der Waals surface area contributed by atoms with Gasteiger partial charge in [0.25, 0.3) is 0 Å². The lowest BCUT2D eigenvalue weighted by Crippen LogP contribution is -2.30. The number of hydrogen-bond donors (Lipinski definition) is 0. The maximum Gasteiger partial charge on any atom is 0.306 e. The third-order valence-corrected chi connectivity index (χ3v) is 11.4. The summed E-state index contributed by atoms with van der Waals surface area (Å²) in [6.45, 7) is 6.16. The van der Waals surface area contributed by atoms with Gasteiger partial charge in [-0.1, -0.05) is 235 Å². The van der Waals surface area contributed by atoms with Gasteiger partial charge in [-0.2, -0.15) is 0 Å². The molecule has 0 aliphatic rings. The van der Waals surface area contributed by atoms with Crippen molar-refractivity contribution >= 4 is 17.9 Å². The average molecular weight is 1030 g/mol. The van der Waals surface area contributed by atoms with Crippen molar-refractivity contribution in [2.75, 3.05) is 13.2 Å². The Morgan fingerprint density at radius 2 is 0.507 bits per heavy atom. The third-order valence-electron chi connectivity index (χ3n) is 11.4. The summed E-state index contributed by atoms with van der Waals surface area (Å²) in [5.74, 6) is -1.08. The van der Waals surface area contributed by atoms with Crippen LogP contribution in [0.3, 0.4) is 0 Å². The van der Waals surface area contributed by atoms with Crippen LogP contribution in [-0.4, -0.2) is 37.2 Å². The number of carbonyl (C=O) groups is 3. The Hall–Kier alpha value is -5.49. The number of rotatable bonds is 50. The molecule has 0 fully saturated rings. The molecule has 6 heteroatoms. The topological polar surface area (TPSA) is 78.9 Å². The quantitative estimate of drug-likeness (QED) is 0.0261. The van der Waals surface area contributed by atoms with Crippen LogP contribution in [0.1, 0.15) is 213 Å². The molecule has 0 aliphatic heterocycles. The van der Waals surface area contributed by atoms with E-state index in [4.69, 9.17) is 14.2 Å². The second kappa shape index (κ2) is 61.1. The molecule has 6 nitrogen and oxygen atoms in total. The molecule has 75 heavy (non-hydrogen) atoms. The van der Waals surface area contributed by atoms with Crippen LogP contribution >= 0.6 is 0 Å². The Morgan fingerprint density at radius 3 is 0.853 bits per heavy atom. The SMILES string of the molecule is CC/C=C\C/C=C\C/C=C\C/C=C\C/C=C\C/C=C\C/C=C\C/C=C\CCCCC(=O)OCC(COC(=O)CC/C=C\C/C=C\C/C=C\C/C=C\CC)OC(=O)CCCCCCCCC/C=C\C/C=C\C/C=C\CC. The third kappa shape index (κ3) is 59.3.